The lowest BCUT2D eigenvalue weighted by atomic mass is 9.78. The number of ether oxygens (including phenoxy) is 1. The Kier molecular flexibility index (Phi) is 4.81. The standard InChI is InChI=1S/C14H29NO/c1-6-14(4,5)16-13-9-11(10(2)3)7-8-12(13)15/h10-13H,6-9,15H2,1-5H3. The molecule has 1 rings (SSSR count). The van der Waals surface area contributed by atoms with Crippen LogP contribution in [0.15, 0.2) is 0 Å². The van der Waals surface area contributed by atoms with Gasteiger partial charge in [-0.2, -0.15) is 0 Å². The molecule has 3 atom stereocenters. The molecule has 0 aromatic carbocycles. The Balaban J connectivity index is 2.56. The quantitative estimate of drug-likeness (QED) is 0.799. The maximum absolute atomic E-state index is 6.20. The van der Waals surface area contributed by atoms with E-state index in [2.05, 4.69) is 34.6 Å². The Morgan fingerprint density at radius 3 is 2.44 bits per heavy atom. The van der Waals surface area contributed by atoms with Crippen LogP contribution in [-0.4, -0.2) is 17.7 Å². The average molecular weight is 227 g/mol. The molecule has 3 unspecified atom stereocenters. The molecular formula is C14H29NO. The van der Waals surface area contributed by atoms with Gasteiger partial charge in [0.1, 0.15) is 0 Å². The minimum absolute atomic E-state index is 0.0266. The third-order valence-corrected chi connectivity index (χ3v) is 4.15. The van der Waals surface area contributed by atoms with Crippen LogP contribution in [0.25, 0.3) is 0 Å². The first-order valence-electron chi connectivity index (χ1n) is 6.79. The maximum atomic E-state index is 6.20. The number of hydrogen-bond donors (Lipinski definition) is 1. The highest BCUT2D eigenvalue weighted by atomic mass is 16.5. The Morgan fingerprint density at radius 2 is 1.94 bits per heavy atom. The fraction of sp³-hybridized carbons (Fsp3) is 1.00. The molecule has 0 bridgehead atoms. The first-order chi connectivity index (χ1) is 7.35. The van der Waals surface area contributed by atoms with Gasteiger partial charge in [0.15, 0.2) is 0 Å². The molecule has 0 spiro atoms. The van der Waals surface area contributed by atoms with Gasteiger partial charge >= 0.3 is 0 Å². The molecule has 0 aliphatic heterocycles. The average Bonchev–Trinajstić information content (AvgIpc) is 2.21. The Labute approximate surface area is 101 Å². The molecule has 0 radical (unpaired) electrons. The van der Waals surface area contributed by atoms with E-state index in [0.29, 0.717) is 0 Å². The first kappa shape index (κ1) is 14.0. The van der Waals surface area contributed by atoms with Crippen molar-refractivity contribution in [2.45, 2.75) is 78.0 Å². The van der Waals surface area contributed by atoms with Crippen LogP contribution in [0, 0.1) is 11.8 Å². The van der Waals surface area contributed by atoms with Crippen molar-refractivity contribution in [1.82, 2.24) is 0 Å². The summed E-state index contributed by atoms with van der Waals surface area (Å²) in [6, 6.07) is 0.237. The van der Waals surface area contributed by atoms with Gasteiger partial charge in [0, 0.05) is 6.04 Å². The largest absolute Gasteiger partial charge is 0.371 e. The molecule has 2 nitrogen and oxygen atoms in total. The van der Waals surface area contributed by atoms with Gasteiger partial charge in [0.25, 0.3) is 0 Å². The van der Waals surface area contributed by atoms with Gasteiger partial charge in [-0.15, -0.1) is 0 Å². The lowest BCUT2D eigenvalue weighted by Crippen LogP contribution is -2.46. The molecule has 0 heterocycles. The predicted octanol–water partition coefficient (Wildman–Crippen LogP) is 3.34. The summed E-state index contributed by atoms with van der Waals surface area (Å²) in [7, 11) is 0. The second-order valence-corrected chi connectivity index (χ2v) is 6.25. The summed E-state index contributed by atoms with van der Waals surface area (Å²) in [5.41, 5.74) is 6.15. The lowest BCUT2D eigenvalue weighted by Gasteiger charge is -2.40. The van der Waals surface area contributed by atoms with Gasteiger partial charge < -0.3 is 10.5 Å². The summed E-state index contributed by atoms with van der Waals surface area (Å²) in [5, 5.41) is 0. The van der Waals surface area contributed by atoms with Crippen molar-refractivity contribution < 1.29 is 4.74 Å². The van der Waals surface area contributed by atoms with Crippen molar-refractivity contribution in [3.63, 3.8) is 0 Å². The van der Waals surface area contributed by atoms with Crippen molar-refractivity contribution in [2.75, 3.05) is 0 Å². The highest BCUT2D eigenvalue weighted by molar-refractivity contribution is 4.86. The SMILES string of the molecule is CCC(C)(C)OC1CC(C(C)C)CCC1N. The Bertz CT molecular complexity index is 213. The maximum Gasteiger partial charge on any atom is 0.0735 e. The number of nitrogens with two attached hydrogens (primary N) is 1. The Hall–Kier alpha value is -0.0800. The normalized spacial score (nSPS) is 32.1. The van der Waals surface area contributed by atoms with Crippen LogP contribution in [0.2, 0.25) is 0 Å². The van der Waals surface area contributed by atoms with E-state index in [4.69, 9.17) is 10.5 Å². The fourth-order valence-corrected chi connectivity index (χ4v) is 2.42. The van der Waals surface area contributed by atoms with Crippen LogP contribution in [0.5, 0.6) is 0 Å². The molecule has 0 saturated heterocycles. The highest BCUT2D eigenvalue weighted by Crippen LogP contribution is 2.33. The van der Waals surface area contributed by atoms with Crippen LogP contribution in [0.4, 0.5) is 0 Å². The zero-order valence-electron chi connectivity index (χ0n) is 11.6. The molecule has 96 valence electrons. The summed E-state index contributed by atoms with van der Waals surface area (Å²) in [4.78, 5) is 0. The molecular weight excluding hydrogens is 198 g/mol. The second kappa shape index (κ2) is 5.50. The molecule has 16 heavy (non-hydrogen) atoms. The van der Waals surface area contributed by atoms with E-state index in [0.717, 1.165) is 31.1 Å². The van der Waals surface area contributed by atoms with Gasteiger partial charge in [0.2, 0.25) is 0 Å². The number of rotatable bonds is 4. The molecule has 1 fully saturated rings. The van der Waals surface area contributed by atoms with Crippen LogP contribution in [0.3, 0.4) is 0 Å². The molecule has 1 saturated carbocycles. The Morgan fingerprint density at radius 1 is 1.31 bits per heavy atom. The van der Waals surface area contributed by atoms with Crippen LogP contribution >= 0.6 is 0 Å². The summed E-state index contributed by atoms with van der Waals surface area (Å²) in [6.45, 7) is 11.1. The van der Waals surface area contributed by atoms with Crippen LogP contribution < -0.4 is 5.73 Å². The minimum Gasteiger partial charge on any atom is -0.371 e. The first-order valence-corrected chi connectivity index (χ1v) is 6.79. The van der Waals surface area contributed by atoms with Gasteiger partial charge in [0.05, 0.1) is 11.7 Å². The molecule has 0 aromatic heterocycles. The van der Waals surface area contributed by atoms with Crippen LogP contribution in [-0.2, 0) is 4.74 Å². The molecule has 2 heteroatoms. The van der Waals surface area contributed by atoms with Gasteiger partial charge in [-0.05, 0) is 51.4 Å². The lowest BCUT2D eigenvalue weighted by molar-refractivity contribution is -0.104. The summed E-state index contributed by atoms with van der Waals surface area (Å²) < 4.78 is 6.20. The predicted molar refractivity (Wildman–Crippen MR) is 69.4 cm³/mol. The highest BCUT2D eigenvalue weighted by Gasteiger charge is 2.33. The molecule has 0 aromatic rings. The van der Waals surface area contributed by atoms with Gasteiger partial charge in [-0.3, -0.25) is 0 Å². The summed E-state index contributed by atoms with van der Waals surface area (Å²) >= 11 is 0. The summed E-state index contributed by atoms with van der Waals surface area (Å²) in [5.74, 6) is 1.54. The molecule has 1 aliphatic rings. The zero-order chi connectivity index (χ0) is 12.3. The topological polar surface area (TPSA) is 35.2 Å². The van der Waals surface area contributed by atoms with Gasteiger partial charge in [-0.1, -0.05) is 20.8 Å². The van der Waals surface area contributed by atoms with Crippen molar-refractivity contribution in [1.29, 1.82) is 0 Å². The van der Waals surface area contributed by atoms with Crippen LogP contribution in [0.1, 0.15) is 60.3 Å². The smallest absolute Gasteiger partial charge is 0.0735 e. The number of hydrogen-bond acceptors (Lipinski definition) is 2. The van der Waals surface area contributed by atoms with Gasteiger partial charge in [-0.25, -0.2) is 0 Å². The fourth-order valence-electron chi connectivity index (χ4n) is 2.42. The van der Waals surface area contributed by atoms with E-state index < -0.39 is 0 Å². The van der Waals surface area contributed by atoms with E-state index in [-0.39, 0.29) is 17.7 Å². The monoisotopic (exact) mass is 227 g/mol. The van der Waals surface area contributed by atoms with E-state index >= 15 is 0 Å². The van der Waals surface area contributed by atoms with E-state index in [9.17, 15) is 0 Å². The van der Waals surface area contributed by atoms with E-state index in [1.807, 2.05) is 0 Å². The molecule has 0 amide bonds. The van der Waals surface area contributed by atoms with Crippen molar-refractivity contribution in [3.8, 4) is 0 Å². The van der Waals surface area contributed by atoms with E-state index in [1.165, 1.54) is 6.42 Å². The third-order valence-electron chi connectivity index (χ3n) is 4.15. The van der Waals surface area contributed by atoms with E-state index in [1.54, 1.807) is 0 Å². The molecule has 2 N–H and O–H groups in total. The van der Waals surface area contributed by atoms with Crippen molar-refractivity contribution >= 4 is 0 Å². The summed E-state index contributed by atoms with van der Waals surface area (Å²) in [6.07, 6.45) is 4.83. The molecule has 1 aliphatic carbocycles. The zero-order valence-corrected chi connectivity index (χ0v) is 11.6. The minimum atomic E-state index is -0.0266. The second-order valence-electron chi connectivity index (χ2n) is 6.25. The third kappa shape index (κ3) is 3.74. The van der Waals surface area contributed by atoms with Crippen molar-refractivity contribution in [2.24, 2.45) is 17.6 Å². The van der Waals surface area contributed by atoms with Crippen molar-refractivity contribution in [3.05, 3.63) is 0 Å².